The molecule has 0 aliphatic carbocycles. The number of methoxy groups -OCH3 is 2. The van der Waals surface area contributed by atoms with Gasteiger partial charge in [0.25, 0.3) is 0 Å². The molecular weight excluding hydrogens is 376 g/mol. The van der Waals surface area contributed by atoms with E-state index in [0.29, 0.717) is 23.8 Å². The van der Waals surface area contributed by atoms with E-state index in [9.17, 15) is 0 Å². The maximum Gasteiger partial charge on any atom is 0.166 e. The third-order valence-corrected chi connectivity index (χ3v) is 4.16. The van der Waals surface area contributed by atoms with Crippen LogP contribution in [0.25, 0.3) is 6.08 Å². The molecule has 0 unspecified atom stereocenters. The molecular formula is C21H25ClN4O2. The highest BCUT2D eigenvalue weighted by Crippen LogP contribution is 2.22. The lowest BCUT2D eigenvalue weighted by Gasteiger charge is -2.16. The normalized spacial score (nSPS) is 14.0. The number of hydrogen-bond donors (Lipinski definition) is 0. The van der Waals surface area contributed by atoms with Gasteiger partial charge in [0, 0.05) is 50.1 Å². The van der Waals surface area contributed by atoms with Gasteiger partial charge in [0.1, 0.15) is 12.1 Å². The molecule has 7 heteroatoms. The van der Waals surface area contributed by atoms with Crippen molar-refractivity contribution < 1.29 is 9.47 Å². The van der Waals surface area contributed by atoms with Crippen molar-refractivity contribution in [2.75, 3.05) is 32.7 Å². The molecule has 2 heterocycles. The van der Waals surface area contributed by atoms with Crippen molar-refractivity contribution in [3.63, 3.8) is 0 Å². The van der Waals surface area contributed by atoms with Crippen molar-refractivity contribution in [2.45, 2.75) is 19.8 Å². The van der Waals surface area contributed by atoms with Crippen molar-refractivity contribution in [1.29, 1.82) is 0 Å². The Bertz CT molecular complexity index is 859. The lowest BCUT2D eigenvalue weighted by atomic mass is 10.1. The van der Waals surface area contributed by atoms with Crippen LogP contribution in [0.15, 0.2) is 63.7 Å². The van der Waals surface area contributed by atoms with Crippen molar-refractivity contribution in [1.82, 2.24) is 9.97 Å². The summed E-state index contributed by atoms with van der Waals surface area (Å²) in [4.78, 5) is 14.9. The highest BCUT2D eigenvalue weighted by Gasteiger charge is 2.08. The largest absolute Gasteiger partial charge is 0.501 e. The predicted molar refractivity (Wildman–Crippen MR) is 114 cm³/mol. The maximum absolute atomic E-state index is 6.46. The van der Waals surface area contributed by atoms with Gasteiger partial charge in [-0.05, 0) is 17.7 Å². The van der Waals surface area contributed by atoms with Crippen LogP contribution in [-0.2, 0) is 9.47 Å². The van der Waals surface area contributed by atoms with Crippen LogP contribution >= 0.6 is 11.6 Å². The SMILES string of the molecule is CC/C(=C\C(=C=C(Cl)CC1=Cc2cncnc2N(C)C=CCN=C1)OC)OC. The molecule has 2 rings (SSSR count). The molecule has 0 spiro atoms. The summed E-state index contributed by atoms with van der Waals surface area (Å²) < 4.78 is 10.6. The van der Waals surface area contributed by atoms with E-state index in [4.69, 9.17) is 21.1 Å². The Hall–Kier alpha value is -2.82. The average Bonchev–Trinajstić information content (AvgIpc) is 2.70. The molecule has 0 amide bonds. The van der Waals surface area contributed by atoms with Gasteiger partial charge in [-0.2, -0.15) is 0 Å². The van der Waals surface area contributed by atoms with Crippen molar-refractivity contribution in [2.24, 2.45) is 4.99 Å². The van der Waals surface area contributed by atoms with Crippen LogP contribution in [0.1, 0.15) is 25.3 Å². The van der Waals surface area contributed by atoms with Crippen LogP contribution in [0.3, 0.4) is 0 Å². The summed E-state index contributed by atoms with van der Waals surface area (Å²) in [5, 5.41) is 0.497. The number of halogens is 1. The quantitative estimate of drug-likeness (QED) is 0.400. The van der Waals surface area contributed by atoms with Gasteiger partial charge >= 0.3 is 0 Å². The standard InChI is InChI=1S/C21H25ClN4O2/c1-5-19(27-3)12-20(28-4)11-18(22)10-16-9-17-14-24-15-25-21(17)26(2)8-6-7-23-13-16/h6,8-9,12-15H,5,7,10H2,1-4H3/b8-6?,16-9?,19-12+,23-13?. The zero-order chi connectivity index (χ0) is 20.4. The van der Waals surface area contributed by atoms with Gasteiger partial charge in [0.15, 0.2) is 5.76 Å². The molecule has 1 aliphatic rings. The van der Waals surface area contributed by atoms with Gasteiger partial charge in [-0.25, -0.2) is 9.97 Å². The summed E-state index contributed by atoms with van der Waals surface area (Å²) in [5.41, 5.74) is 4.87. The lowest BCUT2D eigenvalue weighted by molar-refractivity contribution is 0.268. The first-order valence-electron chi connectivity index (χ1n) is 8.91. The molecule has 1 aromatic heterocycles. The fraction of sp³-hybridized carbons (Fsp3) is 0.333. The number of nitrogens with zero attached hydrogens (tertiary/aromatic N) is 4. The average molecular weight is 401 g/mol. The molecule has 0 aromatic carbocycles. The molecule has 1 aromatic rings. The van der Waals surface area contributed by atoms with Crippen LogP contribution in [-0.4, -0.2) is 44.0 Å². The second-order valence-corrected chi connectivity index (χ2v) is 6.41. The highest BCUT2D eigenvalue weighted by molar-refractivity contribution is 6.30. The summed E-state index contributed by atoms with van der Waals surface area (Å²) in [6.45, 7) is 2.57. The monoisotopic (exact) mass is 400 g/mol. The number of fused-ring (bicyclic) bond motifs is 1. The molecule has 0 N–H and O–H groups in total. The molecule has 28 heavy (non-hydrogen) atoms. The Morgan fingerprint density at radius 3 is 2.89 bits per heavy atom. The van der Waals surface area contributed by atoms with Crippen LogP contribution in [0.4, 0.5) is 5.82 Å². The smallest absolute Gasteiger partial charge is 0.166 e. The molecule has 0 fully saturated rings. The number of aromatic nitrogens is 2. The summed E-state index contributed by atoms with van der Waals surface area (Å²) in [7, 11) is 5.14. The van der Waals surface area contributed by atoms with E-state index >= 15 is 0 Å². The molecule has 0 saturated heterocycles. The van der Waals surface area contributed by atoms with Gasteiger partial charge in [0.2, 0.25) is 0 Å². The minimum atomic E-state index is 0.446. The maximum atomic E-state index is 6.46. The van der Waals surface area contributed by atoms with Gasteiger partial charge in [-0.3, -0.25) is 4.99 Å². The van der Waals surface area contributed by atoms with Crippen LogP contribution < -0.4 is 4.90 Å². The number of ether oxygens (including phenoxy) is 2. The predicted octanol–water partition coefficient (Wildman–Crippen LogP) is 4.48. The molecule has 1 aliphatic heterocycles. The van der Waals surface area contributed by atoms with Crippen LogP contribution in [0.5, 0.6) is 0 Å². The van der Waals surface area contributed by atoms with Gasteiger partial charge < -0.3 is 14.4 Å². The summed E-state index contributed by atoms with van der Waals surface area (Å²) in [5.74, 6) is 2.10. The zero-order valence-corrected chi connectivity index (χ0v) is 17.4. The summed E-state index contributed by atoms with van der Waals surface area (Å²) >= 11 is 6.46. The minimum absolute atomic E-state index is 0.446. The van der Waals surface area contributed by atoms with E-state index in [1.165, 1.54) is 6.33 Å². The third-order valence-electron chi connectivity index (χ3n) is 3.93. The minimum Gasteiger partial charge on any atom is -0.501 e. The van der Waals surface area contributed by atoms with Crippen molar-refractivity contribution in [3.8, 4) is 0 Å². The van der Waals surface area contributed by atoms with Gasteiger partial charge in [-0.1, -0.05) is 24.3 Å². The molecule has 148 valence electrons. The number of aliphatic imine (C=N–C) groups is 1. The Kier molecular flexibility index (Phi) is 8.53. The number of allylic oxidation sites excluding steroid dienone is 3. The number of anilines is 1. The first kappa shape index (κ1) is 21.5. The van der Waals surface area contributed by atoms with E-state index < -0.39 is 0 Å². The first-order valence-corrected chi connectivity index (χ1v) is 9.28. The number of rotatable bonds is 6. The highest BCUT2D eigenvalue weighted by atomic mass is 35.5. The Balaban J connectivity index is 2.41. The van der Waals surface area contributed by atoms with E-state index in [0.717, 1.165) is 29.1 Å². The van der Waals surface area contributed by atoms with E-state index in [-0.39, 0.29) is 0 Å². The van der Waals surface area contributed by atoms with Crippen molar-refractivity contribution in [3.05, 3.63) is 64.3 Å². The topological polar surface area (TPSA) is 59.8 Å². The molecule has 0 radical (unpaired) electrons. The van der Waals surface area contributed by atoms with Crippen LogP contribution in [0, 0.1) is 0 Å². The van der Waals surface area contributed by atoms with Gasteiger partial charge in [-0.15, -0.1) is 0 Å². The summed E-state index contributed by atoms with van der Waals surface area (Å²) in [6.07, 6.45) is 14.0. The van der Waals surface area contributed by atoms with Crippen molar-refractivity contribution >= 4 is 29.7 Å². The fourth-order valence-corrected chi connectivity index (χ4v) is 2.77. The van der Waals surface area contributed by atoms with Gasteiger partial charge in [0.05, 0.1) is 31.6 Å². The molecule has 6 nitrogen and oxygen atoms in total. The second kappa shape index (κ2) is 11.1. The molecule has 0 saturated carbocycles. The zero-order valence-electron chi connectivity index (χ0n) is 16.6. The Morgan fingerprint density at radius 2 is 2.18 bits per heavy atom. The van der Waals surface area contributed by atoms with E-state index in [1.54, 1.807) is 26.5 Å². The van der Waals surface area contributed by atoms with Crippen LogP contribution in [0.2, 0.25) is 0 Å². The first-order chi connectivity index (χ1) is 13.6. The Morgan fingerprint density at radius 1 is 1.36 bits per heavy atom. The van der Waals surface area contributed by atoms with E-state index in [2.05, 4.69) is 20.7 Å². The third kappa shape index (κ3) is 6.41. The summed E-state index contributed by atoms with van der Waals surface area (Å²) in [6, 6.07) is 0. The number of hydrogen-bond acceptors (Lipinski definition) is 6. The van der Waals surface area contributed by atoms with E-state index in [1.807, 2.05) is 43.4 Å². The Labute approximate surface area is 171 Å². The molecule has 0 atom stereocenters. The fourth-order valence-electron chi connectivity index (χ4n) is 2.53. The lowest BCUT2D eigenvalue weighted by Crippen LogP contribution is -2.12. The molecule has 0 bridgehead atoms. The second-order valence-electron chi connectivity index (χ2n) is 5.95.